The van der Waals surface area contributed by atoms with Crippen LogP contribution < -0.4 is 4.74 Å². The van der Waals surface area contributed by atoms with Crippen molar-refractivity contribution in [3.05, 3.63) is 53.1 Å². The van der Waals surface area contributed by atoms with Crippen LogP contribution in [0.5, 0.6) is 5.75 Å². The number of hydrogen-bond donors (Lipinski definition) is 2. The van der Waals surface area contributed by atoms with E-state index in [1.165, 1.54) is 11.8 Å². The minimum absolute atomic E-state index is 0.0732. The Bertz CT molecular complexity index is 1190. The average molecular weight is 588 g/mol. The first-order valence-electron chi connectivity index (χ1n) is 14.2. The second-order valence-electron chi connectivity index (χ2n) is 11.9. The summed E-state index contributed by atoms with van der Waals surface area (Å²) in [5.41, 5.74) is 1.68. The minimum Gasteiger partial charge on any atom is -0.481 e. The molecule has 0 bridgehead atoms. The summed E-state index contributed by atoms with van der Waals surface area (Å²) in [6.45, 7) is 9.51. The lowest BCUT2D eigenvalue weighted by atomic mass is 9.70. The van der Waals surface area contributed by atoms with Crippen LogP contribution in [-0.4, -0.2) is 39.3 Å². The van der Waals surface area contributed by atoms with E-state index in [0.717, 1.165) is 61.0 Å². The van der Waals surface area contributed by atoms with Crippen LogP contribution in [-0.2, 0) is 9.53 Å². The van der Waals surface area contributed by atoms with E-state index in [2.05, 4.69) is 19.9 Å². The van der Waals surface area contributed by atoms with Gasteiger partial charge in [0.2, 0.25) is 0 Å². The Morgan fingerprint density at radius 1 is 1.12 bits per heavy atom. The summed E-state index contributed by atoms with van der Waals surface area (Å²) >= 11 is 1.50. The number of nitriles is 1. The molecule has 2 aromatic rings. The summed E-state index contributed by atoms with van der Waals surface area (Å²) < 4.78 is 35.1. The third-order valence-corrected chi connectivity index (χ3v) is 10.3. The van der Waals surface area contributed by atoms with Crippen LogP contribution >= 0.6 is 22.4 Å². The van der Waals surface area contributed by atoms with E-state index in [0.29, 0.717) is 22.0 Å². The van der Waals surface area contributed by atoms with E-state index in [1.807, 2.05) is 57.4 Å². The Kier molecular flexibility index (Phi) is 11.0. The van der Waals surface area contributed by atoms with Crippen LogP contribution in [0.15, 0.2) is 46.2 Å². The van der Waals surface area contributed by atoms with Crippen molar-refractivity contribution in [2.75, 3.05) is 18.6 Å². The van der Waals surface area contributed by atoms with Crippen molar-refractivity contribution in [2.24, 2.45) is 5.41 Å². The van der Waals surface area contributed by atoms with Gasteiger partial charge >= 0.3 is 5.97 Å². The van der Waals surface area contributed by atoms with Crippen molar-refractivity contribution in [3.63, 3.8) is 0 Å². The SMILES string of the molecule is CCCCC1(CCCC)CC(c2ccc(C#N)cc2)c2cc(SC)c(OCC(=O)OC(C)(C)C)cc2S(O)(O)C1. The zero-order valence-electron chi connectivity index (χ0n) is 24.8. The molecule has 0 spiro atoms. The number of thioether (sulfide) groups is 1. The maximum absolute atomic E-state index is 12.4. The van der Waals surface area contributed by atoms with Gasteiger partial charge in [-0.25, -0.2) is 4.79 Å². The first-order chi connectivity index (χ1) is 18.9. The number of rotatable bonds is 11. The molecular formula is C32H45NO5S2. The van der Waals surface area contributed by atoms with Gasteiger partial charge in [-0.05, 0) is 81.0 Å². The monoisotopic (exact) mass is 587 g/mol. The van der Waals surface area contributed by atoms with E-state index >= 15 is 0 Å². The van der Waals surface area contributed by atoms with Gasteiger partial charge in [0.05, 0.1) is 16.5 Å². The largest absolute Gasteiger partial charge is 0.481 e. The molecule has 0 aliphatic carbocycles. The van der Waals surface area contributed by atoms with Crippen molar-refractivity contribution in [2.45, 2.75) is 101 Å². The fraction of sp³-hybridized carbons (Fsp3) is 0.562. The lowest BCUT2D eigenvalue weighted by molar-refractivity contribution is -0.157. The summed E-state index contributed by atoms with van der Waals surface area (Å²) in [5, 5.41) is 9.38. The van der Waals surface area contributed by atoms with Gasteiger partial charge in [0, 0.05) is 22.6 Å². The highest BCUT2D eigenvalue weighted by atomic mass is 32.3. The molecule has 1 aliphatic heterocycles. The van der Waals surface area contributed by atoms with Crippen LogP contribution in [0.25, 0.3) is 0 Å². The Morgan fingerprint density at radius 2 is 1.75 bits per heavy atom. The number of unbranched alkanes of at least 4 members (excludes halogenated alkanes) is 2. The van der Waals surface area contributed by atoms with Gasteiger partial charge in [-0.2, -0.15) is 15.9 Å². The molecule has 8 heteroatoms. The summed E-state index contributed by atoms with van der Waals surface area (Å²) in [6, 6.07) is 13.6. The minimum atomic E-state index is -3.17. The molecule has 0 saturated carbocycles. The summed E-state index contributed by atoms with van der Waals surface area (Å²) in [4.78, 5) is 13.7. The molecule has 6 nitrogen and oxygen atoms in total. The van der Waals surface area contributed by atoms with Crippen molar-refractivity contribution < 1.29 is 23.4 Å². The first kappa shape index (κ1) is 32.3. The third-order valence-electron chi connectivity index (χ3n) is 7.50. The first-order valence-corrected chi connectivity index (χ1v) is 17.1. The predicted octanol–water partition coefficient (Wildman–Crippen LogP) is 9.01. The Balaban J connectivity index is 2.15. The van der Waals surface area contributed by atoms with E-state index in [1.54, 1.807) is 6.07 Å². The summed E-state index contributed by atoms with van der Waals surface area (Å²) in [7, 11) is -3.17. The van der Waals surface area contributed by atoms with E-state index < -0.39 is 22.2 Å². The van der Waals surface area contributed by atoms with Gasteiger partial charge < -0.3 is 9.47 Å². The summed E-state index contributed by atoms with van der Waals surface area (Å²) in [6.07, 6.45) is 8.73. The van der Waals surface area contributed by atoms with Gasteiger partial charge in [-0.1, -0.05) is 51.7 Å². The van der Waals surface area contributed by atoms with Gasteiger partial charge in [0.1, 0.15) is 11.4 Å². The fourth-order valence-corrected chi connectivity index (χ4v) is 8.52. The lowest BCUT2D eigenvalue weighted by Gasteiger charge is -2.42. The van der Waals surface area contributed by atoms with Crippen molar-refractivity contribution >= 4 is 28.3 Å². The summed E-state index contributed by atoms with van der Waals surface area (Å²) in [5.74, 6) is 0.208. The zero-order valence-corrected chi connectivity index (χ0v) is 26.4. The number of ether oxygens (including phenoxy) is 2. The highest BCUT2D eigenvalue weighted by Crippen LogP contribution is 2.63. The molecule has 2 N–H and O–H groups in total. The maximum atomic E-state index is 12.4. The highest BCUT2D eigenvalue weighted by Gasteiger charge is 2.43. The number of carbonyl (C=O) groups excluding carboxylic acids is 1. The molecule has 1 unspecified atom stereocenters. The fourth-order valence-electron chi connectivity index (χ4n) is 5.66. The topological polar surface area (TPSA) is 99.8 Å². The molecule has 0 fully saturated rings. The standard InChI is InChI=1S/C32H45NO5S2/c1-7-9-15-32(16-10-8-2)19-26(24-13-11-23(20-33)12-14-24)25-17-28(39-6)27(18-29(25)40(35,36)22-32)37-21-30(34)38-31(3,4)5/h11-14,17-18,26,35-36H,7-10,15-16,19,21-22H2,1-6H3. The van der Waals surface area contributed by atoms with E-state index in [4.69, 9.17) is 9.47 Å². The molecule has 220 valence electrons. The number of hydrogen-bond acceptors (Lipinski definition) is 7. The van der Waals surface area contributed by atoms with Gasteiger partial charge in [-0.15, -0.1) is 11.8 Å². The zero-order chi connectivity index (χ0) is 29.6. The average Bonchev–Trinajstić information content (AvgIpc) is 3.00. The molecule has 1 aliphatic rings. The Morgan fingerprint density at radius 3 is 2.27 bits per heavy atom. The van der Waals surface area contributed by atoms with Crippen LogP contribution in [0.2, 0.25) is 0 Å². The van der Waals surface area contributed by atoms with Crippen LogP contribution in [0.1, 0.15) is 102 Å². The van der Waals surface area contributed by atoms with Gasteiger partial charge in [-0.3, -0.25) is 9.11 Å². The molecule has 1 heterocycles. The molecule has 0 aromatic heterocycles. The van der Waals surface area contributed by atoms with Crippen molar-refractivity contribution in [1.29, 1.82) is 5.26 Å². The molecule has 1 atom stereocenters. The molecule has 0 saturated heterocycles. The number of carbonyl (C=O) groups is 1. The Hall–Kier alpha value is -2.18. The second kappa shape index (κ2) is 13.7. The molecule has 0 amide bonds. The molecule has 2 aromatic carbocycles. The van der Waals surface area contributed by atoms with Crippen molar-refractivity contribution in [3.8, 4) is 11.8 Å². The molecule has 3 rings (SSSR count). The molecular weight excluding hydrogens is 542 g/mol. The van der Waals surface area contributed by atoms with Crippen LogP contribution in [0, 0.1) is 16.7 Å². The molecule has 0 radical (unpaired) electrons. The second-order valence-corrected chi connectivity index (χ2v) is 14.8. The Labute approximate surface area is 246 Å². The van der Waals surface area contributed by atoms with Crippen LogP contribution in [0.3, 0.4) is 0 Å². The normalized spacial score (nSPS) is 18.6. The van der Waals surface area contributed by atoms with Gasteiger partial charge in [0.15, 0.2) is 6.61 Å². The third kappa shape index (κ3) is 8.19. The quantitative estimate of drug-likeness (QED) is 0.200. The molecule has 40 heavy (non-hydrogen) atoms. The highest BCUT2D eigenvalue weighted by molar-refractivity contribution is 8.24. The van der Waals surface area contributed by atoms with Crippen LogP contribution in [0.4, 0.5) is 0 Å². The van der Waals surface area contributed by atoms with E-state index in [9.17, 15) is 19.2 Å². The number of benzene rings is 2. The van der Waals surface area contributed by atoms with Crippen molar-refractivity contribution in [1.82, 2.24) is 0 Å². The number of fused-ring (bicyclic) bond motifs is 1. The maximum Gasteiger partial charge on any atom is 0.344 e. The van der Waals surface area contributed by atoms with Gasteiger partial charge in [0.25, 0.3) is 0 Å². The lowest BCUT2D eigenvalue weighted by Crippen LogP contribution is -2.29. The smallest absolute Gasteiger partial charge is 0.344 e. The number of esters is 1. The number of nitrogens with zero attached hydrogens (tertiary/aromatic N) is 1. The predicted molar refractivity (Wildman–Crippen MR) is 165 cm³/mol. The van der Waals surface area contributed by atoms with E-state index in [-0.39, 0.29) is 17.9 Å².